The standard InChI is InChI=1S/C31H40N2O5/c1-6-23(2)33(30(34)17-14-25-10-8-7-9-11-25)22-31(35)32(21-27-15-12-24(3)38-27)19-18-26-13-16-28(36-4)29(20-26)37-5/h7-13,15-16,20,23H,6,14,17-19,21-22H2,1-5H3/t23-/m0/s1. The van der Waals surface area contributed by atoms with Gasteiger partial charge in [0.15, 0.2) is 11.5 Å². The normalized spacial score (nSPS) is 11.6. The van der Waals surface area contributed by atoms with Crippen LogP contribution in [-0.2, 0) is 29.0 Å². The van der Waals surface area contributed by atoms with Gasteiger partial charge in [-0.2, -0.15) is 0 Å². The predicted octanol–water partition coefficient (Wildman–Crippen LogP) is 5.44. The van der Waals surface area contributed by atoms with Crippen molar-refractivity contribution in [3.63, 3.8) is 0 Å². The Kier molecular flexibility index (Phi) is 10.8. The van der Waals surface area contributed by atoms with Crippen LogP contribution in [0, 0.1) is 6.92 Å². The van der Waals surface area contributed by atoms with Gasteiger partial charge in [0.05, 0.1) is 20.8 Å². The molecule has 0 aliphatic heterocycles. The molecule has 2 amide bonds. The molecular weight excluding hydrogens is 480 g/mol. The summed E-state index contributed by atoms with van der Waals surface area (Å²) in [5, 5.41) is 0. The minimum Gasteiger partial charge on any atom is -0.493 e. The molecule has 0 saturated heterocycles. The van der Waals surface area contributed by atoms with E-state index in [1.54, 1.807) is 24.0 Å². The molecule has 38 heavy (non-hydrogen) atoms. The summed E-state index contributed by atoms with van der Waals surface area (Å²) in [7, 11) is 3.21. The van der Waals surface area contributed by atoms with Gasteiger partial charge < -0.3 is 23.7 Å². The average molecular weight is 521 g/mol. The van der Waals surface area contributed by atoms with Gasteiger partial charge in [0.25, 0.3) is 0 Å². The van der Waals surface area contributed by atoms with E-state index >= 15 is 0 Å². The van der Waals surface area contributed by atoms with Gasteiger partial charge in [-0.15, -0.1) is 0 Å². The third-order valence-corrected chi connectivity index (χ3v) is 6.83. The first-order valence-electron chi connectivity index (χ1n) is 13.2. The maximum atomic E-state index is 13.7. The van der Waals surface area contributed by atoms with Crippen LogP contribution in [0.4, 0.5) is 0 Å². The highest BCUT2D eigenvalue weighted by Gasteiger charge is 2.25. The zero-order valence-electron chi connectivity index (χ0n) is 23.2. The van der Waals surface area contributed by atoms with Crippen LogP contribution < -0.4 is 9.47 Å². The highest BCUT2D eigenvalue weighted by molar-refractivity contribution is 5.85. The molecule has 1 atom stereocenters. The van der Waals surface area contributed by atoms with E-state index in [1.807, 2.05) is 81.4 Å². The molecule has 7 nitrogen and oxygen atoms in total. The maximum Gasteiger partial charge on any atom is 0.242 e. The van der Waals surface area contributed by atoms with Gasteiger partial charge in [-0.05, 0) is 68.5 Å². The molecule has 204 valence electrons. The van der Waals surface area contributed by atoms with Gasteiger partial charge in [0.1, 0.15) is 18.1 Å². The van der Waals surface area contributed by atoms with Gasteiger partial charge in [0.2, 0.25) is 11.8 Å². The molecule has 0 spiro atoms. The van der Waals surface area contributed by atoms with E-state index in [4.69, 9.17) is 13.9 Å². The van der Waals surface area contributed by atoms with Gasteiger partial charge >= 0.3 is 0 Å². The Morgan fingerprint density at radius 2 is 1.63 bits per heavy atom. The highest BCUT2D eigenvalue weighted by atomic mass is 16.5. The number of ether oxygens (including phenoxy) is 2. The first-order chi connectivity index (χ1) is 18.3. The summed E-state index contributed by atoms with van der Waals surface area (Å²) < 4.78 is 16.6. The lowest BCUT2D eigenvalue weighted by Gasteiger charge is -2.31. The molecule has 1 aromatic heterocycles. The molecule has 3 aromatic rings. The molecule has 0 aliphatic carbocycles. The molecule has 3 rings (SSSR count). The number of methoxy groups -OCH3 is 2. The van der Waals surface area contributed by atoms with Crippen molar-refractivity contribution in [2.24, 2.45) is 0 Å². The second-order valence-corrected chi connectivity index (χ2v) is 9.53. The Labute approximate surface area is 226 Å². The molecule has 0 N–H and O–H groups in total. The van der Waals surface area contributed by atoms with E-state index in [0.29, 0.717) is 49.6 Å². The monoisotopic (exact) mass is 520 g/mol. The van der Waals surface area contributed by atoms with Crippen molar-refractivity contribution in [3.8, 4) is 11.5 Å². The largest absolute Gasteiger partial charge is 0.493 e. The van der Waals surface area contributed by atoms with Gasteiger partial charge in [0, 0.05) is 19.0 Å². The summed E-state index contributed by atoms with van der Waals surface area (Å²) in [5.74, 6) is 2.71. The number of rotatable bonds is 14. The van der Waals surface area contributed by atoms with E-state index in [2.05, 4.69) is 0 Å². The molecule has 0 aliphatic rings. The summed E-state index contributed by atoms with van der Waals surface area (Å²) >= 11 is 0. The quantitative estimate of drug-likeness (QED) is 0.283. The fourth-order valence-corrected chi connectivity index (χ4v) is 4.35. The summed E-state index contributed by atoms with van der Waals surface area (Å²) in [6.07, 6.45) is 2.41. The van der Waals surface area contributed by atoms with Crippen molar-refractivity contribution in [2.75, 3.05) is 27.3 Å². The van der Waals surface area contributed by atoms with Crippen LogP contribution in [0.1, 0.15) is 49.3 Å². The van der Waals surface area contributed by atoms with Gasteiger partial charge in [-0.1, -0.05) is 43.3 Å². The summed E-state index contributed by atoms with van der Waals surface area (Å²) in [6.45, 7) is 6.77. The first kappa shape index (κ1) is 28.8. The Morgan fingerprint density at radius 1 is 0.895 bits per heavy atom. The second-order valence-electron chi connectivity index (χ2n) is 9.53. The van der Waals surface area contributed by atoms with E-state index in [0.717, 1.165) is 23.3 Å². The number of hydrogen-bond donors (Lipinski definition) is 0. The average Bonchev–Trinajstić information content (AvgIpc) is 3.36. The van der Waals surface area contributed by atoms with Crippen LogP contribution in [0.2, 0.25) is 0 Å². The van der Waals surface area contributed by atoms with Crippen LogP contribution in [0.25, 0.3) is 0 Å². The first-order valence-corrected chi connectivity index (χ1v) is 13.2. The number of carbonyl (C=O) groups excluding carboxylic acids is 2. The third kappa shape index (κ3) is 8.13. The fraction of sp³-hybridized carbons (Fsp3) is 0.419. The number of amides is 2. The molecule has 0 radical (unpaired) electrons. The molecule has 0 saturated carbocycles. The number of furan rings is 1. The van der Waals surface area contributed by atoms with Crippen molar-refractivity contribution < 1.29 is 23.5 Å². The fourth-order valence-electron chi connectivity index (χ4n) is 4.35. The Bertz CT molecular complexity index is 1170. The van der Waals surface area contributed by atoms with Crippen LogP contribution in [0.5, 0.6) is 11.5 Å². The molecule has 0 unspecified atom stereocenters. The Hall–Kier alpha value is -3.74. The number of nitrogens with zero attached hydrogens (tertiary/aromatic N) is 2. The molecule has 2 aromatic carbocycles. The van der Waals surface area contributed by atoms with Crippen molar-refractivity contribution in [1.82, 2.24) is 9.80 Å². The SMILES string of the molecule is CC[C@H](C)N(CC(=O)N(CCc1ccc(OC)c(OC)c1)Cc1ccc(C)o1)C(=O)CCc1ccccc1. The predicted molar refractivity (Wildman–Crippen MR) is 148 cm³/mol. The summed E-state index contributed by atoms with van der Waals surface area (Å²) in [6, 6.07) is 19.5. The molecular formula is C31H40N2O5. The van der Waals surface area contributed by atoms with E-state index in [9.17, 15) is 9.59 Å². The van der Waals surface area contributed by atoms with Crippen molar-refractivity contribution in [3.05, 3.63) is 83.3 Å². The lowest BCUT2D eigenvalue weighted by molar-refractivity contribution is -0.142. The number of aryl methyl sites for hydroxylation is 2. The van der Waals surface area contributed by atoms with Crippen molar-refractivity contribution in [1.29, 1.82) is 0 Å². The van der Waals surface area contributed by atoms with E-state index in [1.165, 1.54) is 0 Å². The second kappa shape index (κ2) is 14.3. The minimum absolute atomic E-state index is 0.00904. The minimum atomic E-state index is -0.104. The molecule has 0 bridgehead atoms. The van der Waals surface area contributed by atoms with Gasteiger partial charge in [-0.3, -0.25) is 9.59 Å². The van der Waals surface area contributed by atoms with E-state index in [-0.39, 0.29) is 24.4 Å². The lowest BCUT2D eigenvalue weighted by atomic mass is 10.1. The van der Waals surface area contributed by atoms with E-state index < -0.39 is 0 Å². The lowest BCUT2D eigenvalue weighted by Crippen LogP contribution is -2.46. The number of benzene rings is 2. The van der Waals surface area contributed by atoms with Crippen LogP contribution in [-0.4, -0.2) is 55.0 Å². The molecule has 0 fully saturated rings. The summed E-state index contributed by atoms with van der Waals surface area (Å²) in [5.41, 5.74) is 2.13. The molecule has 7 heteroatoms. The van der Waals surface area contributed by atoms with Crippen molar-refractivity contribution in [2.45, 2.75) is 59.0 Å². The Morgan fingerprint density at radius 3 is 2.26 bits per heavy atom. The summed E-state index contributed by atoms with van der Waals surface area (Å²) in [4.78, 5) is 30.4. The van der Waals surface area contributed by atoms with Crippen LogP contribution in [0.3, 0.4) is 0 Å². The van der Waals surface area contributed by atoms with Gasteiger partial charge in [-0.25, -0.2) is 0 Å². The highest BCUT2D eigenvalue weighted by Crippen LogP contribution is 2.28. The third-order valence-electron chi connectivity index (χ3n) is 6.83. The van der Waals surface area contributed by atoms with Crippen molar-refractivity contribution >= 4 is 11.8 Å². The number of hydrogen-bond acceptors (Lipinski definition) is 5. The zero-order chi connectivity index (χ0) is 27.5. The topological polar surface area (TPSA) is 72.2 Å². The smallest absolute Gasteiger partial charge is 0.242 e. The zero-order valence-corrected chi connectivity index (χ0v) is 23.2. The van der Waals surface area contributed by atoms with Crippen LogP contribution >= 0.6 is 0 Å². The maximum absolute atomic E-state index is 13.7. The number of carbonyl (C=O) groups is 2. The molecule has 1 heterocycles. The van der Waals surface area contributed by atoms with Crippen LogP contribution in [0.15, 0.2) is 65.1 Å². The Balaban J connectivity index is 1.74.